The molecule has 0 atom stereocenters. The van der Waals surface area contributed by atoms with Gasteiger partial charge in [0.1, 0.15) is 0 Å². The summed E-state index contributed by atoms with van der Waals surface area (Å²) in [6.07, 6.45) is 0.955. The Morgan fingerprint density at radius 2 is 2.13 bits per heavy atom. The summed E-state index contributed by atoms with van der Waals surface area (Å²) < 4.78 is 7.51. The normalized spacial score (nSPS) is 10.8. The zero-order valence-corrected chi connectivity index (χ0v) is 9.50. The van der Waals surface area contributed by atoms with Crippen LogP contribution in [0.15, 0.2) is 30.3 Å². The van der Waals surface area contributed by atoms with Crippen LogP contribution in [0.3, 0.4) is 0 Å². The van der Waals surface area contributed by atoms with Crippen molar-refractivity contribution in [3.63, 3.8) is 0 Å². The second-order valence-corrected chi connectivity index (χ2v) is 3.82. The Morgan fingerprint density at radius 1 is 1.33 bits per heavy atom. The van der Waals surface area contributed by atoms with Gasteiger partial charge in [-0.15, -0.1) is 11.6 Å². The van der Waals surface area contributed by atoms with Crippen LogP contribution < -0.4 is 4.74 Å². The average Bonchev–Trinajstić information content (AvgIpc) is 2.64. The summed E-state index contributed by atoms with van der Waals surface area (Å²) in [5.74, 6) is 1.58. The molecule has 0 unspecified atom stereocenters. The van der Waals surface area contributed by atoms with Crippen LogP contribution in [0.1, 0.15) is 6.42 Å². The largest absolute Gasteiger partial charge is 0.482 e. The molecule has 80 valence electrons. The molecular formula is C12H14ClNO. The van der Waals surface area contributed by atoms with E-state index in [0.717, 1.165) is 18.8 Å². The first-order chi connectivity index (χ1) is 7.36. The maximum Gasteiger partial charge on any atom is 0.194 e. The van der Waals surface area contributed by atoms with E-state index in [2.05, 4.69) is 22.8 Å². The molecule has 0 spiro atoms. The monoisotopic (exact) mass is 223 g/mol. The average molecular weight is 224 g/mol. The van der Waals surface area contributed by atoms with Crippen molar-refractivity contribution < 1.29 is 4.74 Å². The first-order valence-electron chi connectivity index (χ1n) is 5.05. The topological polar surface area (TPSA) is 14.2 Å². The van der Waals surface area contributed by atoms with E-state index in [9.17, 15) is 0 Å². The van der Waals surface area contributed by atoms with E-state index in [-0.39, 0.29) is 0 Å². The maximum absolute atomic E-state index is 5.71. The minimum absolute atomic E-state index is 0.676. The minimum Gasteiger partial charge on any atom is -0.482 e. The molecule has 0 saturated heterocycles. The Kier molecular flexibility index (Phi) is 3.17. The van der Waals surface area contributed by atoms with Gasteiger partial charge in [-0.3, -0.25) is 0 Å². The number of halogens is 1. The highest BCUT2D eigenvalue weighted by atomic mass is 35.5. The Bertz CT molecular complexity index is 450. The summed E-state index contributed by atoms with van der Waals surface area (Å²) in [5.41, 5.74) is 1.21. The van der Waals surface area contributed by atoms with Crippen molar-refractivity contribution in [1.82, 2.24) is 4.57 Å². The number of hydrogen-bond acceptors (Lipinski definition) is 1. The van der Waals surface area contributed by atoms with Gasteiger partial charge in [-0.05, 0) is 12.5 Å². The predicted molar refractivity (Wildman–Crippen MR) is 63.8 cm³/mol. The third kappa shape index (κ3) is 1.95. The molecule has 15 heavy (non-hydrogen) atoms. The number of para-hydroxylation sites is 1. The second-order valence-electron chi connectivity index (χ2n) is 3.44. The van der Waals surface area contributed by atoms with Crippen molar-refractivity contribution in [1.29, 1.82) is 0 Å². The van der Waals surface area contributed by atoms with E-state index in [1.807, 2.05) is 12.1 Å². The molecule has 0 bridgehead atoms. The van der Waals surface area contributed by atoms with E-state index in [1.54, 1.807) is 7.11 Å². The van der Waals surface area contributed by atoms with Gasteiger partial charge in [0.25, 0.3) is 0 Å². The number of methoxy groups -OCH3 is 1. The number of ether oxygens (including phenoxy) is 1. The highest BCUT2D eigenvalue weighted by molar-refractivity contribution is 6.17. The number of alkyl halides is 1. The molecular weight excluding hydrogens is 210 g/mol. The van der Waals surface area contributed by atoms with Gasteiger partial charge in [0.2, 0.25) is 0 Å². The Hall–Kier alpha value is -1.15. The smallest absolute Gasteiger partial charge is 0.194 e. The maximum atomic E-state index is 5.71. The summed E-state index contributed by atoms with van der Waals surface area (Å²) in [5, 5.41) is 1.21. The van der Waals surface area contributed by atoms with Gasteiger partial charge >= 0.3 is 0 Å². The van der Waals surface area contributed by atoms with Crippen LogP contribution in [0.5, 0.6) is 5.88 Å². The number of nitrogens with zero attached hydrogens (tertiary/aromatic N) is 1. The second kappa shape index (κ2) is 4.58. The number of rotatable bonds is 4. The van der Waals surface area contributed by atoms with E-state index >= 15 is 0 Å². The van der Waals surface area contributed by atoms with Crippen LogP contribution in [0.4, 0.5) is 0 Å². The number of hydrogen-bond donors (Lipinski definition) is 0. The van der Waals surface area contributed by atoms with Crippen LogP contribution in [0.25, 0.3) is 10.9 Å². The third-order valence-corrected chi connectivity index (χ3v) is 2.76. The Labute approximate surface area is 94.4 Å². The molecule has 2 aromatic rings. The molecule has 0 aliphatic heterocycles. The quantitative estimate of drug-likeness (QED) is 0.726. The lowest BCUT2D eigenvalue weighted by Crippen LogP contribution is -2.00. The molecule has 0 fully saturated rings. The lowest BCUT2D eigenvalue weighted by molar-refractivity contribution is 0.375. The standard InChI is InChI=1S/C12H14ClNO/c1-15-12-9-10-5-2-3-6-11(10)14(12)8-4-7-13/h2-3,5-6,9H,4,7-8H2,1H3. The van der Waals surface area contributed by atoms with Crippen molar-refractivity contribution in [2.75, 3.05) is 13.0 Å². The van der Waals surface area contributed by atoms with Crippen LogP contribution in [0, 0.1) is 0 Å². The van der Waals surface area contributed by atoms with Gasteiger partial charge in [-0.25, -0.2) is 0 Å². The van der Waals surface area contributed by atoms with Gasteiger partial charge in [0.05, 0.1) is 12.6 Å². The van der Waals surface area contributed by atoms with Gasteiger partial charge in [-0.1, -0.05) is 18.2 Å². The fourth-order valence-electron chi connectivity index (χ4n) is 1.80. The van der Waals surface area contributed by atoms with Crippen molar-refractivity contribution in [3.05, 3.63) is 30.3 Å². The van der Waals surface area contributed by atoms with Gasteiger partial charge < -0.3 is 9.30 Å². The molecule has 1 aromatic carbocycles. The van der Waals surface area contributed by atoms with E-state index in [1.165, 1.54) is 10.9 Å². The van der Waals surface area contributed by atoms with Gasteiger partial charge in [-0.2, -0.15) is 0 Å². The number of aromatic nitrogens is 1. The molecule has 0 aliphatic rings. The Balaban J connectivity index is 2.47. The summed E-state index contributed by atoms with van der Waals surface area (Å²) in [6.45, 7) is 0.903. The first kappa shape index (κ1) is 10.4. The van der Waals surface area contributed by atoms with Crippen LogP contribution in [-0.4, -0.2) is 17.6 Å². The zero-order chi connectivity index (χ0) is 10.7. The van der Waals surface area contributed by atoms with Crippen molar-refractivity contribution in [2.45, 2.75) is 13.0 Å². The lowest BCUT2D eigenvalue weighted by Gasteiger charge is -2.07. The molecule has 3 heteroatoms. The number of aryl methyl sites for hydroxylation is 1. The molecule has 2 nitrogen and oxygen atoms in total. The van der Waals surface area contributed by atoms with E-state index < -0.39 is 0 Å². The fourth-order valence-corrected chi connectivity index (χ4v) is 1.92. The molecule has 2 rings (SSSR count). The molecule has 0 saturated carbocycles. The van der Waals surface area contributed by atoms with Crippen LogP contribution in [0.2, 0.25) is 0 Å². The van der Waals surface area contributed by atoms with Crippen molar-refractivity contribution in [3.8, 4) is 5.88 Å². The third-order valence-electron chi connectivity index (χ3n) is 2.50. The molecule has 1 heterocycles. The molecule has 0 aliphatic carbocycles. The number of fused-ring (bicyclic) bond motifs is 1. The first-order valence-corrected chi connectivity index (χ1v) is 5.58. The highest BCUT2D eigenvalue weighted by Gasteiger charge is 2.07. The van der Waals surface area contributed by atoms with E-state index in [0.29, 0.717) is 5.88 Å². The minimum atomic E-state index is 0.676. The summed E-state index contributed by atoms with van der Waals surface area (Å²) >= 11 is 5.71. The SMILES string of the molecule is COc1cc2ccccc2n1CCCCl. The zero-order valence-electron chi connectivity index (χ0n) is 8.74. The molecule has 0 N–H and O–H groups in total. The van der Waals surface area contributed by atoms with Crippen LogP contribution in [-0.2, 0) is 6.54 Å². The summed E-state index contributed by atoms with van der Waals surface area (Å²) in [7, 11) is 1.70. The number of benzene rings is 1. The van der Waals surface area contributed by atoms with Gasteiger partial charge in [0, 0.05) is 23.9 Å². The highest BCUT2D eigenvalue weighted by Crippen LogP contribution is 2.25. The van der Waals surface area contributed by atoms with E-state index in [4.69, 9.17) is 16.3 Å². The van der Waals surface area contributed by atoms with Crippen molar-refractivity contribution in [2.24, 2.45) is 0 Å². The molecule has 1 aromatic heterocycles. The Morgan fingerprint density at radius 3 is 2.87 bits per heavy atom. The summed E-state index contributed by atoms with van der Waals surface area (Å²) in [4.78, 5) is 0. The van der Waals surface area contributed by atoms with Gasteiger partial charge in [0.15, 0.2) is 5.88 Å². The molecule has 0 radical (unpaired) electrons. The molecule has 0 amide bonds. The summed E-state index contributed by atoms with van der Waals surface area (Å²) in [6, 6.07) is 10.3. The van der Waals surface area contributed by atoms with Crippen LogP contribution >= 0.6 is 11.6 Å². The van der Waals surface area contributed by atoms with Crippen molar-refractivity contribution >= 4 is 22.5 Å². The lowest BCUT2D eigenvalue weighted by atomic mass is 10.2. The predicted octanol–water partition coefficient (Wildman–Crippen LogP) is 3.28. The fraction of sp³-hybridized carbons (Fsp3) is 0.333.